The lowest BCUT2D eigenvalue weighted by Crippen LogP contribution is -1.82. The summed E-state index contributed by atoms with van der Waals surface area (Å²) in [6.07, 6.45) is 3.35. The van der Waals surface area contributed by atoms with Crippen LogP contribution < -0.4 is 4.74 Å². The number of nitrogens with zero attached hydrogens (tertiary/aromatic N) is 1. The molecule has 0 heterocycles. The number of hydrogen-bond donors (Lipinski definition) is 0. The lowest BCUT2D eigenvalue weighted by Gasteiger charge is -1.97. The minimum absolute atomic E-state index is 0.575. The average molecular weight is 283 g/mol. The number of rotatable bonds is 1. The van der Waals surface area contributed by atoms with Crippen LogP contribution in [0.2, 0.25) is 0 Å². The summed E-state index contributed by atoms with van der Waals surface area (Å²) in [6.45, 7) is 0. The van der Waals surface area contributed by atoms with Gasteiger partial charge in [-0.25, -0.2) is 0 Å². The van der Waals surface area contributed by atoms with Gasteiger partial charge < -0.3 is 4.74 Å². The Morgan fingerprint density at radius 1 is 0.909 bits per heavy atom. The van der Waals surface area contributed by atoms with E-state index in [2.05, 4.69) is 29.8 Å². The topological polar surface area (TPSA) is 33.0 Å². The molecule has 2 aromatic carbocycles. The highest BCUT2D eigenvalue weighted by atomic mass is 16.5. The van der Waals surface area contributed by atoms with E-state index >= 15 is 0 Å². The molecule has 0 aliphatic carbocycles. The van der Waals surface area contributed by atoms with Crippen LogP contribution in [0.4, 0.5) is 0 Å². The molecule has 0 fully saturated rings. The Kier molecular flexibility index (Phi) is 5.45. The van der Waals surface area contributed by atoms with E-state index in [1.807, 2.05) is 42.5 Å². The Morgan fingerprint density at radius 3 is 2.36 bits per heavy atom. The van der Waals surface area contributed by atoms with Gasteiger partial charge in [0.05, 0.1) is 12.7 Å². The van der Waals surface area contributed by atoms with Crippen LogP contribution in [0.1, 0.15) is 16.7 Å². The highest BCUT2D eigenvalue weighted by molar-refractivity contribution is 5.49. The third-order valence-corrected chi connectivity index (χ3v) is 2.79. The largest absolute Gasteiger partial charge is 0.497 e. The van der Waals surface area contributed by atoms with E-state index in [-0.39, 0.29) is 0 Å². The Hall–Kier alpha value is -3.41. The SMILES string of the molecule is COc1cccc(C#CC=CC#Cc2ccccc2C#N)c1. The standard InChI is InChI=1S/C20H13NO/c1-22-20-14-8-10-17(15-20)9-4-2-3-5-11-18-12-6-7-13-19(18)16-21/h2-3,6-8,10,12-15H,1H3. The van der Waals surface area contributed by atoms with Crippen molar-refractivity contribution < 1.29 is 4.74 Å². The predicted octanol–water partition coefficient (Wildman–Crippen LogP) is 3.53. The first kappa shape index (κ1) is 15.0. The molecular weight excluding hydrogens is 270 g/mol. The maximum Gasteiger partial charge on any atom is 0.120 e. The Morgan fingerprint density at radius 2 is 1.64 bits per heavy atom. The fourth-order valence-electron chi connectivity index (χ4n) is 1.72. The average Bonchev–Trinajstić information content (AvgIpc) is 2.58. The molecule has 2 heteroatoms. The molecule has 104 valence electrons. The van der Waals surface area contributed by atoms with Crippen molar-refractivity contribution in [1.82, 2.24) is 0 Å². The first-order valence-corrected chi connectivity index (χ1v) is 6.65. The van der Waals surface area contributed by atoms with Gasteiger partial charge in [-0.3, -0.25) is 0 Å². The quantitative estimate of drug-likeness (QED) is 0.750. The minimum Gasteiger partial charge on any atom is -0.497 e. The zero-order valence-electron chi connectivity index (χ0n) is 12.1. The summed E-state index contributed by atoms with van der Waals surface area (Å²) in [5.74, 6) is 12.5. The van der Waals surface area contributed by atoms with Crippen LogP contribution in [0.3, 0.4) is 0 Å². The van der Waals surface area contributed by atoms with Gasteiger partial charge in [-0.1, -0.05) is 41.9 Å². The van der Waals surface area contributed by atoms with Crippen molar-refractivity contribution in [1.29, 1.82) is 5.26 Å². The van der Waals surface area contributed by atoms with Crippen molar-refractivity contribution in [3.8, 4) is 35.5 Å². The lowest BCUT2D eigenvalue weighted by atomic mass is 10.1. The summed E-state index contributed by atoms with van der Waals surface area (Å²) in [6, 6.07) is 16.9. The Labute approximate surface area is 130 Å². The minimum atomic E-state index is 0.575. The molecule has 0 bridgehead atoms. The van der Waals surface area contributed by atoms with Crippen molar-refractivity contribution in [2.24, 2.45) is 0 Å². The van der Waals surface area contributed by atoms with Crippen LogP contribution in [0.15, 0.2) is 60.7 Å². The highest BCUT2D eigenvalue weighted by Gasteiger charge is 1.94. The molecule has 0 aliphatic heterocycles. The molecule has 22 heavy (non-hydrogen) atoms. The smallest absolute Gasteiger partial charge is 0.120 e. The lowest BCUT2D eigenvalue weighted by molar-refractivity contribution is 0.414. The monoisotopic (exact) mass is 283 g/mol. The molecule has 0 aromatic heterocycles. The van der Waals surface area contributed by atoms with E-state index in [1.54, 1.807) is 25.3 Å². The van der Waals surface area contributed by atoms with E-state index in [0.29, 0.717) is 5.56 Å². The van der Waals surface area contributed by atoms with Crippen molar-refractivity contribution in [2.75, 3.05) is 7.11 Å². The number of benzene rings is 2. The van der Waals surface area contributed by atoms with Crippen LogP contribution in [-0.4, -0.2) is 7.11 Å². The van der Waals surface area contributed by atoms with E-state index < -0.39 is 0 Å². The number of methoxy groups -OCH3 is 1. The second-order valence-electron chi connectivity index (χ2n) is 4.26. The van der Waals surface area contributed by atoms with Gasteiger partial charge in [0.2, 0.25) is 0 Å². The van der Waals surface area contributed by atoms with Crippen molar-refractivity contribution in [2.45, 2.75) is 0 Å². The Bertz CT molecular complexity index is 849. The fourth-order valence-corrected chi connectivity index (χ4v) is 1.72. The van der Waals surface area contributed by atoms with Crippen molar-refractivity contribution >= 4 is 0 Å². The number of nitriles is 1. The highest BCUT2D eigenvalue weighted by Crippen LogP contribution is 2.11. The molecule has 0 radical (unpaired) electrons. The maximum absolute atomic E-state index is 8.96. The molecule has 0 unspecified atom stereocenters. The molecule has 2 aromatic rings. The zero-order valence-corrected chi connectivity index (χ0v) is 12.1. The summed E-state index contributed by atoms with van der Waals surface area (Å²) < 4.78 is 5.14. The molecular formula is C20H13NO. The maximum atomic E-state index is 8.96. The molecule has 0 atom stereocenters. The Balaban J connectivity index is 2.05. The molecule has 0 aliphatic rings. The molecule has 0 N–H and O–H groups in total. The summed E-state index contributed by atoms with van der Waals surface area (Å²) in [5, 5.41) is 8.96. The van der Waals surface area contributed by atoms with Gasteiger partial charge in [-0.15, -0.1) is 0 Å². The number of allylic oxidation sites excluding steroid dienone is 2. The normalized spacial score (nSPS) is 9.09. The van der Waals surface area contributed by atoms with Crippen LogP contribution in [0, 0.1) is 35.0 Å². The first-order valence-electron chi connectivity index (χ1n) is 6.65. The second kappa shape index (κ2) is 8.01. The van der Waals surface area contributed by atoms with Crippen molar-refractivity contribution in [3.05, 3.63) is 77.4 Å². The van der Waals surface area contributed by atoms with Crippen LogP contribution in [0.25, 0.3) is 0 Å². The van der Waals surface area contributed by atoms with Gasteiger partial charge in [0, 0.05) is 11.1 Å². The third kappa shape index (κ3) is 4.31. The van der Waals surface area contributed by atoms with Gasteiger partial charge in [0.1, 0.15) is 11.8 Å². The van der Waals surface area contributed by atoms with Gasteiger partial charge in [0.25, 0.3) is 0 Å². The molecule has 0 saturated carbocycles. The van der Waals surface area contributed by atoms with Gasteiger partial charge >= 0.3 is 0 Å². The summed E-state index contributed by atoms with van der Waals surface area (Å²) >= 11 is 0. The van der Waals surface area contributed by atoms with Gasteiger partial charge in [-0.05, 0) is 42.5 Å². The van der Waals surface area contributed by atoms with Crippen LogP contribution in [0.5, 0.6) is 5.75 Å². The van der Waals surface area contributed by atoms with E-state index in [9.17, 15) is 0 Å². The summed E-state index contributed by atoms with van der Waals surface area (Å²) in [4.78, 5) is 0. The van der Waals surface area contributed by atoms with E-state index in [1.165, 1.54) is 0 Å². The van der Waals surface area contributed by atoms with Gasteiger partial charge in [-0.2, -0.15) is 5.26 Å². The fraction of sp³-hybridized carbons (Fsp3) is 0.0500. The van der Waals surface area contributed by atoms with Gasteiger partial charge in [0.15, 0.2) is 0 Å². The molecule has 0 spiro atoms. The van der Waals surface area contributed by atoms with Crippen LogP contribution in [-0.2, 0) is 0 Å². The van der Waals surface area contributed by atoms with Crippen molar-refractivity contribution in [3.63, 3.8) is 0 Å². The molecule has 0 amide bonds. The third-order valence-electron chi connectivity index (χ3n) is 2.79. The summed E-state index contributed by atoms with van der Waals surface area (Å²) in [7, 11) is 1.63. The predicted molar refractivity (Wildman–Crippen MR) is 87.0 cm³/mol. The van der Waals surface area contributed by atoms with E-state index in [4.69, 9.17) is 10.00 Å². The summed E-state index contributed by atoms with van der Waals surface area (Å²) in [5.41, 5.74) is 2.17. The van der Waals surface area contributed by atoms with Crippen LogP contribution >= 0.6 is 0 Å². The molecule has 2 nitrogen and oxygen atoms in total. The number of hydrogen-bond acceptors (Lipinski definition) is 2. The molecule has 2 rings (SSSR count). The second-order valence-corrected chi connectivity index (χ2v) is 4.26. The molecule has 0 saturated heterocycles. The number of ether oxygens (including phenoxy) is 1. The first-order chi connectivity index (χ1) is 10.8. The van der Waals surface area contributed by atoms with E-state index in [0.717, 1.165) is 16.9 Å². The zero-order chi connectivity index (χ0) is 15.6.